The Morgan fingerprint density at radius 3 is 2.47 bits per heavy atom. The van der Waals surface area contributed by atoms with Gasteiger partial charge in [-0.15, -0.1) is 0 Å². The zero-order valence-electron chi connectivity index (χ0n) is 19.0. The summed E-state index contributed by atoms with van der Waals surface area (Å²) in [5.74, 6) is 0.111. The number of aromatic nitrogens is 1. The summed E-state index contributed by atoms with van der Waals surface area (Å²) in [5.41, 5.74) is 2.07. The number of carbonyl (C=O) groups excluding carboxylic acids is 2. The molecule has 0 unspecified atom stereocenters. The fourth-order valence-electron chi connectivity index (χ4n) is 3.47. The van der Waals surface area contributed by atoms with Gasteiger partial charge in [-0.3, -0.25) is 10.1 Å². The lowest BCUT2D eigenvalue weighted by molar-refractivity contribution is 0.0690. The Kier molecular flexibility index (Phi) is 7.48. The molecule has 172 valence electrons. The molecule has 3 N–H and O–H groups in total. The molecule has 3 rings (SSSR count). The minimum atomic E-state index is -1.03. The van der Waals surface area contributed by atoms with Crippen molar-refractivity contribution in [3.8, 4) is 5.75 Å². The maximum Gasteiger partial charge on any atom is 0.417 e. The molecule has 0 atom stereocenters. The molecule has 0 bridgehead atoms. The maximum absolute atomic E-state index is 12.7. The second-order valence-corrected chi connectivity index (χ2v) is 8.80. The van der Waals surface area contributed by atoms with Crippen molar-refractivity contribution >= 4 is 17.7 Å². The molecule has 2 aromatic rings. The van der Waals surface area contributed by atoms with Crippen molar-refractivity contribution < 1.29 is 24.2 Å². The molecule has 0 saturated carbocycles. The Morgan fingerprint density at radius 2 is 1.84 bits per heavy atom. The first-order chi connectivity index (χ1) is 15.1. The van der Waals surface area contributed by atoms with Crippen LogP contribution in [0.5, 0.6) is 5.75 Å². The number of pyridine rings is 1. The number of carbonyl (C=O) groups is 2. The lowest BCUT2D eigenvalue weighted by atomic mass is 9.93. The molecule has 1 aromatic carbocycles. The highest BCUT2D eigenvalue weighted by molar-refractivity contribution is 5.95. The Balaban J connectivity index is 1.85. The molecule has 0 aliphatic carbocycles. The number of nitrogens with zero attached hydrogens (tertiary/aromatic N) is 1. The third-order valence-corrected chi connectivity index (χ3v) is 5.22. The van der Waals surface area contributed by atoms with Crippen LogP contribution >= 0.6 is 0 Å². The Morgan fingerprint density at radius 1 is 1.19 bits per heavy atom. The summed E-state index contributed by atoms with van der Waals surface area (Å²) in [7, 11) is 0. The van der Waals surface area contributed by atoms with Gasteiger partial charge in [-0.25, -0.2) is 9.78 Å². The lowest BCUT2D eigenvalue weighted by Crippen LogP contribution is -2.39. The number of aliphatic hydroxyl groups is 1. The van der Waals surface area contributed by atoms with Crippen LogP contribution in [-0.4, -0.2) is 47.5 Å². The zero-order valence-corrected chi connectivity index (χ0v) is 19.0. The third kappa shape index (κ3) is 6.51. The van der Waals surface area contributed by atoms with Crippen LogP contribution < -0.4 is 15.4 Å². The Labute approximate surface area is 188 Å². The monoisotopic (exact) mass is 441 g/mol. The van der Waals surface area contributed by atoms with E-state index < -0.39 is 11.7 Å². The van der Waals surface area contributed by atoms with Crippen LogP contribution in [0.3, 0.4) is 0 Å². The van der Waals surface area contributed by atoms with Crippen LogP contribution in [-0.2, 0) is 4.74 Å². The van der Waals surface area contributed by atoms with Gasteiger partial charge in [0.15, 0.2) is 0 Å². The average Bonchev–Trinajstić information content (AvgIpc) is 2.74. The summed E-state index contributed by atoms with van der Waals surface area (Å²) in [6, 6.07) is 8.93. The smallest absolute Gasteiger partial charge is 0.410 e. The molecule has 2 amide bonds. The molecule has 0 radical (unpaired) electrons. The average molecular weight is 442 g/mol. The van der Waals surface area contributed by atoms with Crippen LogP contribution in [0.25, 0.3) is 0 Å². The van der Waals surface area contributed by atoms with Gasteiger partial charge in [-0.2, -0.15) is 0 Å². The van der Waals surface area contributed by atoms with E-state index in [0.717, 1.165) is 18.4 Å². The molecule has 2 heterocycles. The lowest BCUT2D eigenvalue weighted by Gasteiger charge is -2.25. The number of hydrogen-bond acceptors (Lipinski definition) is 6. The quantitative estimate of drug-likeness (QED) is 0.631. The molecule has 32 heavy (non-hydrogen) atoms. The van der Waals surface area contributed by atoms with E-state index in [1.165, 1.54) is 0 Å². The van der Waals surface area contributed by atoms with E-state index in [-0.39, 0.29) is 24.1 Å². The van der Waals surface area contributed by atoms with Gasteiger partial charge >= 0.3 is 6.09 Å². The number of rotatable bonds is 6. The summed E-state index contributed by atoms with van der Waals surface area (Å²) >= 11 is 0. The van der Waals surface area contributed by atoms with Crippen molar-refractivity contribution in [2.24, 2.45) is 0 Å². The number of benzene rings is 1. The fraction of sp³-hybridized carbons (Fsp3) is 0.458. The Hall–Kier alpha value is -2.97. The number of aryl methyl sites for hydroxylation is 2. The van der Waals surface area contributed by atoms with Crippen molar-refractivity contribution in [2.75, 3.05) is 25.1 Å². The number of ether oxygens (including phenoxy) is 2. The predicted molar refractivity (Wildman–Crippen MR) is 121 cm³/mol. The summed E-state index contributed by atoms with van der Waals surface area (Å²) in [4.78, 5) is 29.9. The van der Waals surface area contributed by atoms with Gasteiger partial charge in [-0.05, 0) is 64.3 Å². The molecule has 1 saturated heterocycles. The number of nitrogens with one attached hydrogen (secondary N) is 2. The van der Waals surface area contributed by atoms with Crippen LogP contribution in [0.15, 0.2) is 30.3 Å². The number of anilines is 1. The topological polar surface area (TPSA) is 110 Å². The van der Waals surface area contributed by atoms with Crippen molar-refractivity contribution in [3.05, 3.63) is 52.8 Å². The van der Waals surface area contributed by atoms with Gasteiger partial charge in [0.05, 0.1) is 17.0 Å². The van der Waals surface area contributed by atoms with E-state index in [2.05, 4.69) is 15.6 Å². The molecule has 0 spiro atoms. The van der Waals surface area contributed by atoms with Gasteiger partial charge in [0, 0.05) is 25.7 Å². The fourth-order valence-corrected chi connectivity index (χ4v) is 3.47. The van der Waals surface area contributed by atoms with E-state index in [1.807, 2.05) is 19.1 Å². The van der Waals surface area contributed by atoms with Crippen molar-refractivity contribution in [2.45, 2.75) is 52.1 Å². The summed E-state index contributed by atoms with van der Waals surface area (Å²) in [5, 5.41) is 15.4. The molecule has 8 heteroatoms. The number of hydrogen-bond donors (Lipinski definition) is 3. The van der Waals surface area contributed by atoms with Crippen molar-refractivity contribution in [1.82, 2.24) is 10.3 Å². The molecule has 1 aliphatic heterocycles. The minimum absolute atomic E-state index is 0.0415. The van der Waals surface area contributed by atoms with Crippen LogP contribution in [0, 0.1) is 13.8 Å². The van der Waals surface area contributed by atoms with Gasteiger partial charge in [-0.1, -0.05) is 17.7 Å². The highest BCUT2D eigenvalue weighted by Crippen LogP contribution is 2.32. The van der Waals surface area contributed by atoms with Crippen molar-refractivity contribution in [1.29, 1.82) is 0 Å². The second kappa shape index (κ2) is 10.1. The molecular weight excluding hydrogens is 410 g/mol. The summed E-state index contributed by atoms with van der Waals surface area (Å²) < 4.78 is 10.9. The van der Waals surface area contributed by atoms with E-state index in [9.17, 15) is 14.7 Å². The first-order valence-corrected chi connectivity index (χ1v) is 10.8. The highest BCUT2D eigenvalue weighted by Gasteiger charge is 2.25. The van der Waals surface area contributed by atoms with E-state index >= 15 is 0 Å². The van der Waals surface area contributed by atoms with Crippen LogP contribution in [0.2, 0.25) is 0 Å². The van der Waals surface area contributed by atoms with Gasteiger partial charge < -0.3 is 19.9 Å². The van der Waals surface area contributed by atoms with Crippen LogP contribution in [0.4, 0.5) is 10.5 Å². The van der Waals surface area contributed by atoms with Gasteiger partial charge in [0.25, 0.3) is 5.91 Å². The standard InChI is InChI=1S/C24H31N3O5/c1-15-5-7-18(8-6-15)32-23(29)26-19-13-16(2)20(22(28)25-14-24(3,4)30)27-21(19)17-9-11-31-12-10-17/h5-8,13,17,30H,9-12,14H2,1-4H3,(H,25,28)(H,26,29). The largest absolute Gasteiger partial charge is 0.417 e. The minimum Gasteiger partial charge on any atom is -0.410 e. The van der Waals surface area contributed by atoms with Crippen LogP contribution in [0.1, 0.15) is 59.9 Å². The Bertz CT molecular complexity index is 961. The van der Waals surface area contributed by atoms with Crippen molar-refractivity contribution in [3.63, 3.8) is 0 Å². The first kappa shape index (κ1) is 23.7. The second-order valence-electron chi connectivity index (χ2n) is 8.80. The molecular formula is C24H31N3O5. The molecule has 1 aromatic heterocycles. The van der Waals surface area contributed by atoms with E-state index in [0.29, 0.717) is 35.9 Å². The zero-order chi connectivity index (χ0) is 23.3. The normalized spacial score (nSPS) is 14.7. The van der Waals surface area contributed by atoms with E-state index in [1.54, 1.807) is 39.0 Å². The van der Waals surface area contributed by atoms with Gasteiger partial charge in [0.1, 0.15) is 11.4 Å². The predicted octanol–water partition coefficient (Wildman–Crippen LogP) is 3.70. The summed E-state index contributed by atoms with van der Waals surface area (Å²) in [6.45, 7) is 8.24. The molecule has 1 aliphatic rings. The first-order valence-electron chi connectivity index (χ1n) is 10.8. The highest BCUT2D eigenvalue weighted by atomic mass is 16.6. The molecule has 8 nitrogen and oxygen atoms in total. The number of amides is 2. The molecule has 1 fully saturated rings. The van der Waals surface area contributed by atoms with Gasteiger partial charge in [0.2, 0.25) is 0 Å². The maximum atomic E-state index is 12.7. The third-order valence-electron chi connectivity index (χ3n) is 5.22. The van der Waals surface area contributed by atoms with E-state index in [4.69, 9.17) is 9.47 Å². The SMILES string of the molecule is Cc1ccc(OC(=O)Nc2cc(C)c(C(=O)NCC(C)(C)O)nc2C2CCOCC2)cc1. The summed E-state index contributed by atoms with van der Waals surface area (Å²) in [6.07, 6.45) is 0.855.